The molecule has 1 amide bonds. The number of methoxy groups -OCH3 is 2. The Morgan fingerprint density at radius 1 is 1.00 bits per heavy atom. The van der Waals surface area contributed by atoms with Crippen molar-refractivity contribution in [3.05, 3.63) is 35.9 Å². The van der Waals surface area contributed by atoms with Crippen LogP contribution in [0.3, 0.4) is 0 Å². The number of hydrogen-bond acceptors (Lipinski definition) is 7. The third kappa shape index (κ3) is 3.71. The van der Waals surface area contributed by atoms with Crippen molar-refractivity contribution in [2.75, 3.05) is 25.7 Å². The molecule has 3 atom stereocenters. The zero-order valence-corrected chi connectivity index (χ0v) is 17.1. The smallest absolute Gasteiger partial charge is 0.324 e. The zero-order chi connectivity index (χ0) is 20.4. The van der Waals surface area contributed by atoms with Crippen molar-refractivity contribution in [3.8, 4) is 12.0 Å². The lowest BCUT2D eigenvalue weighted by Gasteiger charge is -2.33. The molecule has 2 aliphatic heterocycles. The first-order valence-corrected chi connectivity index (χ1v) is 10.1. The Morgan fingerprint density at radius 3 is 2.31 bits per heavy atom. The lowest BCUT2D eigenvalue weighted by Crippen LogP contribution is -2.46. The lowest BCUT2D eigenvalue weighted by molar-refractivity contribution is -0.132. The van der Waals surface area contributed by atoms with E-state index in [1.165, 1.54) is 19.8 Å². The van der Waals surface area contributed by atoms with Gasteiger partial charge in [0.25, 0.3) is 0 Å². The fourth-order valence-corrected chi connectivity index (χ4v) is 4.70. The van der Waals surface area contributed by atoms with E-state index in [1.807, 2.05) is 18.2 Å². The first-order chi connectivity index (χ1) is 14.1. The van der Waals surface area contributed by atoms with Gasteiger partial charge in [0.2, 0.25) is 11.9 Å². The van der Waals surface area contributed by atoms with E-state index in [0.717, 1.165) is 32.2 Å². The molecule has 8 nitrogen and oxygen atoms in total. The van der Waals surface area contributed by atoms with Crippen LogP contribution >= 0.6 is 0 Å². The molecule has 4 rings (SSSR count). The van der Waals surface area contributed by atoms with E-state index in [9.17, 15) is 4.79 Å². The van der Waals surface area contributed by atoms with Gasteiger partial charge in [-0.25, -0.2) is 0 Å². The Balaban J connectivity index is 1.73. The summed E-state index contributed by atoms with van der Waals surface area (Å²) in [6.07, 6.45) is 3.89. The highest BCUT2D eigenvalue weighted by atomic mass is 16.5. The van der Waals surface area contributed by atoms with Crippen LogP contribution in [0.15, 0.2) is 30.3 Å². The van der Waals surface area contributed by atoms with Crippen LogP contribution in [0.5, 0.6) is 12.0 Å². The number of nitrogens with zero attached hydrogens (tertiary/aromatic N) is 5. The van der Waals surface area contributed by atoms with Gasteiger partial charge in [-0.05, 0) is 31.2 Å². The molecule has 0 radical (unpaired) electrons. The summed E-state index contributed by atoms with van der Waals surface area (Å²) in [5.74, 6) is 0.654. The fraction of sp³-hybridized carbons (Fsp3) is 0.524. The van der Waals surface area contributed by atoms with Gasteiger partial charge in [0, 0.05) is 13.5 Å². The lowest BCUT2D eigenvalue weighted by atomic mass is 10.0. The van der Waals surface area contributed by atoms with Crippen LogP contribution in [-0.2, 0) is 4.79 Å². The van der Waals surface area contributed by atoms with Gasteiger partial charge >= 0.3 is 12.0 Å². The summed E-state index contributed by atoms with van der Waals surface area (Å²) >= 11 is 0. The second-order valence-electron chi connectivity index (χ2n) is 7.52. The first kappa shape index (κ1) is 19.4. The molecule has 0 unspecified atom stereocenters. The summed E-state index contributed by atoms with van der Waals surface area (Å²) < 4.78 is 10.5. The molecular formula is C21H27N5O3. The summed E-state index contributed by atoms with van der Waals surface area (Å²) in [5.41, 5.74) is 1.17. The fourth-order valence-electron chi connectivity index (χ4n) is 4.70. The number of carbonyl (C=O) groups is 1. The van der Waals surface area contributed by atoms with E-state index in [4.69, 9.17) is 9.47 Å². The number of aromatic nitrogens is 3. The molecular weight excluding hydrogens is 370 g/mol. The van der Waals surface area contributed by atoms with Crippen LogP contribution in [0.25, 0.3) is 0 Å². The van der Waals surface area contributed by atoms with Crippen LogP contribution in [0.2, 0.25) is 0 Å². The Morgan fingerprint density at radius 2 is 1.69 bits per heavy atom. The monoisotopic (exact) mass is 397 g/mol. The molecule has 0 bridgehead atoms. The Hall–Kier alpha value is -2.90. The number of ether oxygens (including phenoxy) is 2. The molecule has 29 heavy (non-hydrogen) atoms. The molecule has 0 saturated carbocycles. The maximum Gasteiger partial charge on any atom is 0.324 e. The summed E-state index contributed by atoms with van der Waals surface area (Å²) in [6, 6.07) is 11.0. The van der Waals surface area contributed by atoms with Crippen molar-refractivity contribution in [2.45, 2.75) is 50.7 Å². The predicted molar refractivity (Wildman–Crippen MR) is 108 cm³/mol. The molecule has 0 N–H and O–H groups in total. The number of fused-ring (bicyclic) bond motifs is 1. The van der Waals surface area contributed by atoms with Crippen molar-refractivity contribution in [1.29, 1.82) is 0 Å². The topological polar surface area (TPSA) is 80.7 Å². The summed E-state index contributed by atoms with van der Waals surface area (Å²) in [6.45, 7) is 2.49. The second-order valence-corrected chi connectivity index (χ2v) is 7.52. The maximum atomic E-state index is 12.7. The Kier molecular flexibility index (Phi) is 5.51. The number of amides is 1. The zero-order valence-electron chi connectivity index (χ0n) is 17.1. The summed E-state index contributed by atoms with van der Waals surface area (Å²) in [5, 5.41) is 0. The van der Waals surface area contributed by atoms with E-state index in [0.29, 0.717) is 5.95 Å². The minimum atomic E-state index is 0.0509. The molecule has 1 aromatic heterocycles. The first-order valence-electron chi connectivity index (χ1n) is 10.1. The number of carbonyl (C=O) groups excluding carboxylic acids is 1. The number of anilines is 1. The van der Waals surface area contributed by atoms with E-state index in [-0.39, 0.29) is 36.1 Å². The number of likely N-dealkylation sites (tertiary alicyclic amines) is 1. The molecule has 8 heteroatoms. The Bertz CT molecular complexity index is 840. The second kappa shape index (κ2) is 8.23. The molecule has 154 valence electrons. The molecule has 3 heterocycles. The van der Waals surface area contributed by atoms with Gasteiger partial charge in [0.15, 0.2) is 0 Å². The number of hydrogen-bond donors (Lipinski definition) is 0. The van der Waals surface area contributed by atoms with Gasteiger partial charge in [-0.1, -0.05) is 30.3 Å². The molecule has 2 fully saturated rings. The average molecular weight is 397 g/mol. The minimum absolute atomic E-state index is 0.0509. The van der Waals surface area contributed by atoms with Crippen molar-refractivity contribution in [2.24, 2.45) is 0 Å². The highest BCUT2D eigenvalue weighted by molar-refractivity contribution is 5.75. The maximum absolute atomic E-state index is 12.7. The largest absolute Gasteiger partial charge is 0.467 e. The van der Waals surface area contributed by atoms with E-state index in [2.05, 4.69) is 36.9 Å². The molecule has 0 spiro atoms. The Labute approximate surface area is 170 Å². The van der Waals surface area contributed by atoms with E-state index >= 15 is 0 Å². The van der Waals surface area contributed by atoms with Gasteiger partial charge < -0.3 is 19.3 Å². The average Bonchev–Trinajstić information content (AvgIpc) is 3.01. The van der Waals surface area contributed by atoms with Gasteiger partial charge in [-0.15, -0.1) is 4.98 Å². The summed E-state index contributed by atoms with van der Waals surface area (Å²) in [7, 11) is 3.06. The van der Waals surface area contributed by atoms with Crippen LogP contribution in [-0.4, -0.2) is 58.6 Å². The normalized spacial score (nSPS) is 24.0. The van der Waals surface area contributed by atoms with Crippen molar-refractivity contribution >= 4 is 11.9 Å². The molecule has 1 aromatic carbocycles. The van der Waals surface area contributed by atoms with Crippen LogP contribution in [0.4, 0.5) is 5.95 Å². The molecule has 0 aliphatic carbocycles. The van der Waals surface area contributed by atoms with Crippen molar-refractivity contribution in [1.82, 2.24) is 19.9 Å². The van der Waals surface area contributed by atoms with Gasteiger partial charge in [0.1, 0.15) is 0 Å². The number of rotatable bonds is 4. The van der Waals surface area contributed by atoms with Crippen molar-refractivity contribution in [3.63, 3.8) is 0 Å². The highest BCUT2D eigenvalue weighted by Gasteiger charge is 2.47. The molecule has 2 aliphatic rings. The van der Waals surface area contributed by atoms with Crippen molar-refractivity contribution < 1.29 is 14.3 Å². The van der Waals surface area contributed by atoms with Gasteiger partial charge in [-0.3, -0.25) is 4.79 Å². The number of benzene rings is 1. The van der Waals surface area contributed by atoms with Gasteiger partial charge in [0.05, 0.1) is 32.3 Å². The quantitative estimate of drug-likeness (QED) is 0.784. The van der Waals surface area contributed by atoms with Crippen LogP contribution in [0, 0.1) is 0 Å². The highest BCUT2D eigenvalue weighted by Crippen LogP contribution is 2.42. The van der Waals surface area contributed by atoms with Crippen LogP contribution < -0.4 is 14.4 Å². The minimum Gasteiger partial charge on any atom is -0.467 e. The predicted octanol–water partition coefficient (Wildman–Crippen LogP) is 2.61. The van der Waals surface area contributed by atoms with Crippen LogP contribution in [0.1, 0.15) is 44.2 Å². The standard InChI is InChI=1S/C21H27N5O3/c1-14(27)26-16-11-7-8-12-25(19-22-20(28-2)24-21(23-19)29-3)18(16)13-17(26)15-9-5-4-6-10-15/h4-6,9-10,16-18H,7-8,11-13H2,1-3H3/t16-,17-,18+/m0/s1. The SMILES string of the molecule is COc1nc(OC)nc(N2CCCC[C@H]3[C@H]2C[C@@H](c2ccccc2)N3C(C)=O)n1. The van der Waals surface area contributed by atoms with E-state index in [1.54, 1.807) is 6.92 Å². The molecule has 2 aromatic rings. The molecule has 2 saturated heterocycles. The van der Waals surface area contributed by atoms with E-state index < -0.39 is 0 Å². The summed E-state index contributed by atoms with van der Waals surface area (Å²) in [4.78, 5) is 30.0. The third-order valence-corrected chi connectivity index (χ3v) is 5.90. The van der Waals surface area contributed by atoms with Gasteiger partial charge in [-0.2, -0.15) is 9.97 Å². The third-order valence-electron chi connectivity index (χ3n) is 5.90.